The molecule has 5 nitrogen and oxygen atoms in total. The third-order valence-electron chi connectivity index (χ3n) is 3.11. The second kappa shape index (κ2) is 5.27. The molecule has 1 aromatic carbocycles. The number of aliphatic carboxylic acids is 1. The highest BCUT2D eigenvalue weighted by molar-refractivity contribution is 5.78. The van der Waals surface area contributed by atoms with Gasteiger partial charge in [0.15, 0.2) is 0 Å². The van der Waals surface area contributed by atoms with Crippen LogP contribution in [0.3, 0.4) is 0 Å². The van der Waals surface area contributed by atoms with E-state index in [2.05, 4.69) is 0 Å². The molecule has 0 heterocycles. The summed E-state index contributed by atoms with van der Waals surface area (Å²) in [7, 11) is 0. The molecule has 0 aliphatic carbocycles. The minimum Gasteiger partial charge on any atom is -0.508 e. The predicted molar refractivity (Wildman–Crippen MR) is 67.6 cm³/mol. The first-order valence-electron chi connectivity index (χ1n) is 5.82. The molecule has 18 heavy (non-hydrogen) atoms. The van der Waals surface area contributed by atoms with Crippen LogP contribution in [-0.2, 0) is 4.79 Å². The highest BCUT2D eigenvalue weighted by Crippen LogP contribution is 2.35. The molecule has 2 atom stereocenters. The Morgan fingerprint density at radius 2 is 2.06 bits per heavy atom. The van der Waals surface area contributed by atoms with E-state index in [1.165, 1.54) is 19.1 Å². The van der Waals surface area contributed by atoms with Crippen molar-refractivity contribution in [3.8, 4) is 11.5 Å². The molecule has 0 saturated heterocycles. The van der Waals surface area contributed by atoms with Crippen LogP contribution in [0.25, 0.3) is 0 Å². The molecule has 0 amide bonds. The first-order valence-corrected chi connectivity index (χ1v) is 5.82. The molecule has 0 bridgehead atoms. The lowest BCUT2D eigenvalue weighted by molar-refractivity contribution is -0.143. The summed E-state index contributed by atoms with van der Waals surface area (Å²) in [6.45, 7) is 3.35. The third kappa shape index (κ3) is 3.13. The van der Waals surface area contributed by atoms with E-state index in [0.717, 1.165) is 0 Å². The van der Waals surface area contributed by atoms with Crippen LogP contribution in [0.1, 0.15) is 38.2 Å². The molecule has 5 heteroatoms. The first kappa shape index (κ1) is 14.3. The van der Waals surface area contributed by atoms with Gasteiger partial charge in [-0.2, -0.15) is 0 Å². The van der Waals surface area contributed by atoms with Gasteiger partial charge in [0.2, 0.25) is 0 Å². The topological polar surface area (TPSA) is 104 Å². The number of hydrogen-bond donors (Lipinski definition) is 4. The monoisotopic (exact) mass is 253 g/mol. The minimum absolute atomic E-state index is 0.0279. The predicted octanol–water partition coefficient (Wildman–Crippen LogP) is 1.78. The van der Waals surface area contributed by atoms with E-state index < -0.39 is 11.5 Å². The fourth-order valence-corrected chi connectivity index (χ4v) is 1.95. The van der Waals surface area contributed by atoms with Crippen molar-refractivity contribution in [2.24, 2.45) is 5.73 Å². The Balaban J connectivity index is 3.00. The summed E-state index contributed by atoms with van der Waals surface area (Å²) in [5.41, 5.74) is 4.99. The molecule has 0 aliphatic rings. The van der Waals surface area contributed by atoms with Crippen LogP contribution in [0, 0.1) is 0 Å². The normalized spacial score (nSPS) is 15.9. The number of hydrogen-bond acceptors (Lipinski definition) is 4. The van der Waals surface area contributed by atoms with Crippen LogP contribution in [0.5, 0.6) is 11.5 Å². The van der Waals surface area contributed by atoms with Crippen molar-refractivity contribution >= 4 is 5.97 Å². The summed E-state index contributed by atoms with van der Waals surface area (Å²) in [5, 5.41) is 28.0. The number of carboxylic acid groups (broad SMARTS) is 1. The Morgan fingerprint density at radius 3 is 2.50 bits per heavy atom. The van der Waals surface area contributed by atoms with Crippen molar-refractivity contribution in [3.63, 3.8) is 0 Å². The van der Waals surface area contributed by atoms with Crippen LogP contribution < -0.4 is 5.73 Å². The second-order valence-electron chi connectivity index (χ2n) is 4.78. The number of carbonyl (C=O) groups is 1. The van der Waals surface area contributed by atoms with E-state index in [-0.39, 0.29) is 23.8 Å². The number of phenols is 2. The van der Waals surface area contributed by atoms with Gasteiger partial charge in [-0.3, -0.25) is 4.79 Å². The van der Waals surface area contributed by atoms with Crippen molar-refractivity contribution in [2.45, 2.75) is 38.1 Å². The van der Waals surface area contributed by atoms with Crippen molar-refractivity contribution in [2.75, 3.05) is 0 Å². The van der Waals surface area contributed by atoms with E-state index in [4.69, 9.17) is 10.8 Å². The Kier molecular flexibility index (Phi) is 4.19. The number of rotatable bonds is 5. The molecule has 0 radical (unpaired) electrons. The van der Waals surface area contributed by atoms with E-state index >= 15 is 0 Å². The molecule has 0 aromatic heterocycles. The molecule has 100 valence electrons. The zero-order valence-electron chi connectivity index (χ0n) is 10.6. The maximum Gasteiger partial charge on any atom is 0.323 e. The average molecular weight is 253 g/mol. The molecular formula is C13H19NO4. The summed E-state index contributed by atoms with van der Waals surface area (Å²) in [6.07, 6.45) is 0.871. The fraction of sp³-hybridized carbons (Fsp3) is 0.462. The lowest BCUT2D eigenvalue weighted by Crippen LogP contribution is -2.45. The number of phenolic OH excluding ortho intramolecular Hbond substituents is 2. The van der Waals surface area contributed by atoms with Crippen molar-refractivity contribution in [1.29, 1.82) is 0 Å². The lowest BCUT2D eigenvalue weighted by Gasteiger charge is -2.26. The van der Waals surface area contributed by atoms with Gasteiger partial charge in [0.25, 0.3) is 0 Å². The Labute approximate surface area is 106 Å². The zero-order chi connectivity index (χ0) is 13.9. The maximum atomic E-state index is 11.0. The van der Waals surface area contributed by atoms with E-state index in [1.54, 1.807) is 6.07 Å². The van der Waals surface area contributed by atoms with Crippen LogP contribution in [0.4, 0.5) is 0 Å². The highest BCUT2D eigenvalue weighted by atomic mass is 16.4. The van der Waals surface area contributed by atoms with Gasteiger partial charge < -0.3 is 21.1 Å². The average Bonchev–Trinajstić information content (AvgIpc) is 2.26. The highest BCUT2D eigenvalue weighted by Gasteiger charge is 2.32. The molecule has 5 N–H and O–H groups in total. The molecule has 1 rings (SSSR count). The van der Waals surface area contributed by atoms with Gasteiger partial charge in [-0.25, -0.2) is 0 Å². The summed E-state index contributed by atoms with van der Waals surface area (Å²) in [4.78, 5) is 11.0. The number of nitrogens with two attached hydrogens (primary N) is 1. The minimum atomic E-state index is -1.34. The summed E-state index contributed by atoms with van der Waals surface area (Å²) in [5.74, 6) is -1.31. The second-order valence-corrected chi connectivity index (χ2v) is 4.78. The van der Waals surface area contributed by atoms with Crippen molar-refractivity contribution in [3.05, 3.63) is 23.8 Å². The molecule has 0 aliphatic heterocycles. The molecule has 1 aromatic rings. The Hall–Kier alpha value is -1.75. The lowest BCUT2D eigenvalue weighted by atomic mass is 9.83. The largest absolute Gasteiger partial charge is 0.508 e. The number of carboxylic acids is 1. The quantitative estimate of drug-likeness (QED) is 0.640. The van der Waals surface area contributed by atoms with Gasteiger partial charge >= 0.3 is 5.97 Å². The smallest absolute Gasteiger partial charge is 0.323 e. The van der Waals surface area contributed by atoms with Gasteiger partial charge in [-0.15, -0.1) is 0 Å². The standard InChI is InChI=1S/C13H19NO4/c1-3-8(7-13(2,14)12(17)18)10-5-4-9(15)6-11(10)16/h4-6,8,15-16H,3,7,14H2,1-2H3,(H,17,18). The van der Waals surface area contributed by atoms with Crippen LogP contribution in [0.15, 0.2) is 18.2 Å². The van der Waals surface area contributed by atoms with Crippen LogP contribution in [-0.4, -0.2) is 26.8 Å². The number of aromatic hydroxyl groups is 2. The van der Waals surface area contributed by atoms with Gasteiger partial charge in [-0.05, 0) is 37.3 Å². The Bertz CT molecular complexity index is 443. The first-order chi connectivity index (χ1) is 8.27. The van der Waals surface area contributed by atoms with E-state index in [0.29, 0.717) is 12.0 Å². The summed E-state index contributed by atoms with van der Waals surface area (Å²) >= 11 is 0. The molecule has 0 saturated carbocycles. The van der Waals surface area contributed by atoms with E-state index in [9.17, 15) is 15.0 Å². The molecular weight excluding hydrogens is 234 g/mol. The third-order valence-corrected chi connectivity index (χ3v) is 3.11. The van der Waals surface area contributed by atoms with Crippen LogP contribution in [0.2, 0.25) is 0 Å². The van der Waals surface area contributed by atoms with Crippen molar-refractivity contribution < 1.29 is 20.1 Å². The van der Waals surface area contributed by atoms with Crippen LogP contribution >= 0.6 is 0 Å². The van der Waals surface area contributed by atoms with Crippen molar-refractivity contribution in [1.82, 2.24) is 0 Å². The van der Waals surface area contributed by atoms with Gasteiger partial charge in [0.1, 0.15) is 17.0 Å². The van der Waals surface area contributed by atoms with Gasteiger partial charge in [0, 0.05) is 6.07 Å². The zero-order valence-corrected chi connectivity index (χ0v) is 10.6. The summed E-state index contributed by atoms with van der Waals surface area (Å²) < 4.78 is 0. The fourth-order valence-electron chi connectivity index (χ4n) is 1.95. The molecule has 2 unspecified atom stereocenters. The molecule has 0 fully saturated rings. The van der Waals surface area contributed by atoms with Gasteiger partial charge in [-0.1, -0.05) is 13.0 Å². The number of benzene rings is 1. The summed E-state index contributed by atoms with van der Waals surface area (Å²) in [6, 6.07) is 4.30. The SMILES string of the molecule is CCC(CC(C)(N)C(=O)O)c1ccc(O)cc1O. The van der Waals surface area contributed by atoms with Gasteiger partial charge in [0.05, 0.1) is 0 Å². The molecule has 0 spiro atoms. The Morgan fingerprint density at radius 1 is 1.44 bits per heavy atom. The van der Waals surface area contributed by atoms with E-state index in [1.807, 2.05) is 6.92 Å². The maximum absolute atomic E-state index is 11.0.